The van der Waals surface area contributed by atoms with E-state index in [1.807, 2.05) is 12.1 Å². The number of carbonyl (C=O) groups is 1. The number of hydrogen-bond donors (Lipinski definition) is 1. The molecule has 0 radical (unpaired) electrons. The molecule has 1 N–H and O–H groups in total. The molecule has 6 heteroatoms. The van der Waals surface area contributed by atoms with Crippen LogP contribution in [0.4, 0.5) is 5.69 Å². The fourth-order valence-electron chi connectivity index (χ4n) is 4.10. The van der Waals surface area contributed by atoms with Crippen molar-refractivity contribution in [2.75, 3.05) is 25.5 Å². The van der Waals surface area contributed by atoms with Gasteiger partial charge in [0.25, 0.3) is 5.91 Å². The summed E-state index contributed by atoms with van der Waals surface area (Å²) in [5, 5.41) is 2.98. The zero-order valence-electron chi connectivity index (χ0n) is 18.0. The molecule has 0 bridgehead atoms. The predicted octanol–water partition coefficient (Wildman–Crippen LogP) is 4.55. The minimum absolute atomic E-state index is 0.144. The number of likely N-dealkylation sites (tertiary alicyclic amines) is 1. The standard InChI is InChI=1S/C24H30N4O2/c1-4-28-22-10-7-19(25-24(29)18-5-8-20(30-3)9-6-18)15-21(22)26-23(28)16-27-13-11-17(2)12-14-27/h5-10,15,17H,4,11-14,16H2,1-3H3,(H,25,29). The smallest absolute Gasteiger partial charge is 0.255 e. The molecule has 30 heavy (non-hydrogen) atoms. The monoisotopic (exact) mass is 406 g/mol. The van der Waals surface area contributed by atoms with Gasteiger partial charge in [-0.25, -0.2) is 4.98 Å². The number of anilines is 1. The molecule has 1 aromatic heterocycles. The Balaban J connectivity index is 1.52. The van der Waals surface area contributed by atoms with E-state index >= 15 is 0 Å². The highest BCUT2D eigenvalue weighted by atomic mass is 16.5. The fraction of sp³-hybridized carbons (Fsp3) is 0.417. The normalized spacial score (nSPS) is 15.4. The van der Waals surface area contributed by atoms with Gasteiger partial charge < -0.3 is 14.6 Å². The molecular formula is C24H30N4O2. The van der Waals surface area contributed by atoms with Gasteiger partial charge in [-0.1, -0.05) is 6.92 Å². The van der Waals surface area contributed by atoms with Crippen LogP contribution in [0.5, 0.6) is 5.75 Å². The minimum Gasteiger partial charge on any atom is -0.497 e. The van der Waals surface area contributed by atoms with Crippen molar-refractivity contribution in [3.8, 4) is 5.75 Å². The number of piperidine rings is 1. The summed E-state index contributed by atoms with van der Waals surface area (Å²) in [6.07, 6.45) is 2.52. The van der Waals surface area contributed by atoms with Crippen molar-refractivity contribution in [2.45, 2.75) is 39.8 Å². The van der Waals surface area contributed by atoms with E-state index in [-0.39, 0.29) is 5.91 Å². The Kier molecular flexibility index (Phi) is 6.04. The Morgan fingerprint density at radius 2 is 1.90 bits per heavy atom. The molecule has 2 aromatic carbocycles. The summed E-state index contributed by atoms with van der Waals surface area (Å²) in [5.41, 5.74) is 3.38. The first-order valence-corrected chi connectivity index (χ1v) is 10.7. The van der Waals surface area contributed by atoms with Gasteiger partial charge in [-0.2, -0.15) is 0 Å². The topological polar surface area (TPSA) is 59.4 Å². The number of carbonyl (C=O) groups excluding carboxylic acids is 1. The van der Waals surface area contributed by atoms with Crippen LogP contribution in [0.1, 0.15) is 42.9 Å². The second-order valence-electron chi connectivity index (χ2n) is 8.12. The van der Waals surface area contributed by atoms with Gasteiger partial charge in [0.05, 0.1) is 24.7 Å². The van der Waals surface area contributed by atoms with E-state index in [4.69, 9.17) is 9.72 Å². The number of methoxy groups -OCH3 is 1. The quantitative estimate of drug-likeness (QED) is 0.652. The first kappa shape index (κ1) is 20.4. The van der Waals surface area contributed by atoms with Crippen molar-refractivity contribution in [1.82, 2.24) is 14.5 Å². The Morgan fingerprint density at radius 3 is 2.57 bits per heavy atom. The van der Waals surface area contributed by atoms with Gasteiger partial charge in [-0.3, -0.25) is 9.69 Å². The number of amides is 1. The summed E-state index contributed by atoms with van der Waals surface area (Å²) in [6.45, 7) is 8.52. The van der Waals surface area contributed by atoms with Crippen LogP contribution in [0.2, 0.25) is 0 Å². The molecule has 0 unspecified atom stereocenters. The van der Waals surface area contributed by atoms with Gasteiger partial charge in [0.2, 0.25) is 0 Å². The van der Waals surface area contributed by atoms with Crippen LogP contribution < -0.4 is 10.1 Å². The van der Waals surface area contributed by atoms with Crippen LogP contribution in [0.15, 0.2) is 42.5 Å². The first-order valence-electron chi connectivity index (χ1n) is 10.7. The van der Waals surface area contributed by atoms with Crippen molar-refractivity contribution in [3.63, 3.8) is 0 Å². The zero-order chi connectivity index (χ0) is 21.1. The maximum Gasteiger partial charge on any atom is 0.255 e. The molecule has 1 fully saturated rings. The Morgan fingerprint density at radius 1 is 1.17 bits per heavy atom. The van der Waals surface area contributed by atoms with E-state index in [0.717, 1.165) is 60.4 Å². The lowest BCUT2D eigenvalue weighted by atomic mass is 9.99. The number of aryl methyl sites for hydroxylation is 1. The molecular weight excluding hydrogens is 376 g/mol. The van der Waals surface area contributed by atoms with Gasteiger partial charge in [-0.05, 0) is 81.2 Å². The highest BCUT2D eigenvalue weighted by molar-refractivity contribution is 6.05. The number of ether oxygens (including phenoxy) is 1. The second kappa shape index (κ2) is 8.88. The highest BCUT2D eigenvalue weighted by Crippen LogP contribution is 2.24. The third-order valence-corrected chi connectivity index (χ3v) is 5.99. The van der Waals surface area contributed by atoms with Crippen LogP contribution >= 0.6 is 0 Å². The van der Waals surface area contributed by atoms with Gasteiger partial charge >= 0.3 is 0 Å². The molecule has 4 rings (SSSR count). The Bertz CT molecular complexity index is 1020. The number of benzene rings is 2. The second-order valence-corrected chi connectivity index (χ2v) is 8.12. The highest BCUT2D eigenvalue weighted by Gasteiger charge is 2.19. The number of hydrogen-bond acceptors (Lipinski definition) is 4. The number of nitrogens with one attached hydrogen (secondary N) is 1. The lowest BCUT2D eigenvalue weighted by molar-refractivity contribution is 0.102. The number of imidazole rings is 1. The largest absolute Gasteiger partial charge is 0.497 e. The number of aromatic nitrogens is 2. The number of rotatable bonds is 6. The molecule has 0 spiro atoms. The van der Waals surface area contributed by atoms with Crippen LogP contribution in [-0.2, 0) is 13.1 Å². The molecule has 6 nitrogen and oxygen atoms in total. The van der Waals surface area contributed by atoms with Gasteiger partial charge in [0.15, 0.2) is 0 Å². The molecule has 1 aliphatic heterocycles. The van der Waals surface area contributed by atoms with Gasteiger partial charge in [0.1, 0.15) is 11.6 Å². The van der Waals surface area contributed by atoms with E-state index in [1.54, 1.807) is 31.4 Å². The summed E-state index contributed by atoms with van der Waals surface area (Å²) in [6, 6.07) is 13.1. The number of fused-ring (bicyclic) bond motifs is 1. The average Bonchev–Trinajstić information content (AvgIpc) is 3.11. The van der Waals surface area contributed by atoms with Crippen LogP contribution in [0, 0.1) is 5.92 Å². The maximum absolute atomic E-state index is 12.6. The van der Waals surface area contributed by atoms with E-state index in [0.29, 0.717) is 5.56 Å². The Hall–Kier alpha value is -2.86. The van der Waals surface area contributed by atoms with Crippen LogP contribution in [-0.4, -0.2) is 40.6 Å². The van der Waals surface area contributed by atoms with E-state index in [2.05, 4.69) is 34.7 Å². The van der Waals surface area contributed by atoms with E-state index in [1.165, 1.54) is 12.8 Å². The average molecular weight is 407 g/mol. The third-order valence-electron chi connectivity index (χ3n) is 5.99. The molecule has 1 aliphatic rings. The van der Waals surface area contributed by atoms with E-state index in [9.17, 15) is 4.79 Å². The molecule has 0 aliphatic carbocycles. The lowest BCUT2D eigenvalue weighted by Crippen LogP contribution is -2.33. The third kappa shape index (κ3) is 4.33. The predicted molar refractivity (Wildman–Crippen MR) is 120 cm³/mol. The van der Waals surface area contributed by atoms with Crippen molar-refractivity contribution >= 4 is 22.6 Å². The molecule has 158 valence electrons. The SMILES string of the molecule is CCn1c(CN2CCC(C)CC2)nc2cc(NC(=O)c3ccc(OC)cc3)ccc21. The summed E-state index contributed by atoms with van der Waals surface area (Å²) in [5.74, 6) is 2.51. The minimum atomic E-state index is -0.144. The lowest BCUT2D eigenvalue weighted by Gasteiger charge is -2.29. The molecule has 3 aromatic rings. The van der Waals surface area contributed by atoms with Gasteiger partial charge in [-0.15, -0.1) is 0 Å². The van der Waals surface area contributed by atoms with E-state index < -0.39 is 0 Å². The van der Waals surface area contributed by atoms with Crippen molar-refractivity contribution in [1.29, 1.82) is 0 Å². The maximum atomic E-state index is 12.6. The van der Waals surface area contributed by atoms with Crippen molar-refractivity contribution < 1.29 is 9.53 Å². The molecule has 1 amide bonds. The molecule has 0 saturated carbocycles. The van der Waals surface area contributed by atoms with Crippen LogP contribution in [0.25, 0.3) is 11.0 Å². The summed E-state index contributed by atoms with van der Waals surface area (Å²) in [7, 11) is 1.61. The van der Waals surface area contributed by atoms with Crippen molar-refractivity contribution in [2.24, 2.45) is 5.92 Å². The molecule has 2 heterocycles. The summed E-state index contributed by atoms with van der Waals surface area (Å²) >= 11 is 0. The fourth-order valence-corrected chi connectivity index (χ4v) is 4.10. The first-order chi connectivity index (χ1) is 14.6. The molecule has 0 atom stereocenters. The zero-order valence-corrected chi connectivity index (χ0v) is 18.0. The summed E-state index contributed by atoms with van der Waals surface area (Å²) < 4.78 is 7.43. The van der Waals surface area contributed by atoms with Crippen molar-refractivity contribution in [3.05, 3.63) is 53.9 Å². The van der Waals surface area contributed by atoms with Gasteiger partial charge in [0, 0.05) is 17.8 Å². The summed E-state index contributed by atoms with van der Waals surface area (Å²) in [4.78, 5) is 20.0. The number of nitrogens with zero attached hydrogens (tertiary/aromatic N) is 3. The Labute approximate surface area is 177 Å². The van der Waals surface area contributed by atoms with Crippen LogP contribution in [0.3, 0.4) is 0 Å². The molecule has 1 saturated heterocycles.